The Morgan fingerprint density at radius 3 is 2.22 bits per heavy atom. The predicted molar refractivity (Wildman–Crippen MR) is 124 cm³/mol. The fourth-order valence-corrected chi connectivity index (χ4v) is 5.60. The van der Waals surface area contributed by atoms with E-state index < -0.39 is 10.0 Å². The van der Waals surface area contributed by atoms with Crippen molar-refractivity contribution in [3.63, 3.8) is 0 Å². The van der Waals surface area contributed by atoms with Crippen molar-refractivity contribution in [2.24, 2.45) is 0 Å². The van der Waals surface area contributed by atoms with Crippen molar-refractivity contribution in [1.82, 2.24) is 4.31 Å². The van der Waals surface area contributed by atoms with Gasteiger partial charge in [0.2, 0.25) is 10.0 Å². The lowest BCUT2D eigenvalue weighted by atomic mass is 10.1. The van der Waals surface area contributed by atoms with Gasteiger partial charge in [-0.2, -0.15) is 4.31 Å². The van der Waals surface area contributed by atoms with E-state index in [2.05, 4.69) is 5.32 Å². The van der Waals surface area contributed by atoms with Gasteiger partial charge in [-0.1, -0.05) is 24.3 Å². The number of hydrogen-bond donors (Lipinski definition) is 1. The minimum Gasteiger partial charge on any atom is -0.496 e. The highest BCUT2D eigenvalue weighted by atomic mass is 32.2. The molecule has 3 aromatic carbocycles. The van der Waals surface area contributed by atoms with Gasteiger partial charge >= 0.3 is 0 Å². The van der Waals surface area contributed by atoms with E-state index in [1.54, 1.807) is 19.2 Å². The molecule has 1 heterocycles. The summed E-state index contributed by atoms with van der Waals surface area (Å²) in [6, 6.07) is 17.2. The molecule has 0 spiro atoms. The summed E-state index contributed by atoms with van der Waals surface area (Å²) in [7, 11) is -2.05. The lowest BCUT2D eigenvalue weighted by Gasteiger charge is -2.34. The van der Waals surface area contributed by atoms with Crippen molar-refractivity contribution < 1.29 is 22.7 Å². The zero-order valence-corrected chi connectivity index (χ0v) is 19.1. The van der Waals surface area contributed by atoms with Gasteiger partial charge in [-0.05, 0) is 50.2 Å². The second-order valence-electron chi connectivity index (χ2n) is 7.92. The van der Waals surface area contributed by atoms with E-state index in [0.717, 1.165) is 16.5 Å². The number of fused-ring (bicyclic) bond motifs is 1. The Kier molecular flexibility index (Phi) is 6.19. The highest BCUT2D eigenvalue weighted by Crippen LogP contribution is 2.31. The Bertz CT molecular complexity index is 1230. The van der Waals surface area contributed by atoms with Crippen LogP contribution in [0.1, 0.15) is 24.2 Å². The molecule has 168 valence electrons. The van der Waals surface area contributed by atoms with E-state index in [1.807, 2.05) is 38.1 Å². The third-order valence-electron chi connectivity index (χ3n) is 5.49. The summed E-state index contributed by atoms with van der Waals surface area (Å²) in [5.41, 5.74) is 1.02. The molecule has 0 radical (unpaired) electrons. The lowest BCUT2D eigenvalue weighted by Crippen LogP contribution is -2.48. The van der Waals surface area contributed by atoms with Crippen LogP contribution in [0.3, 0.4) is 0 Å². The first-order chi connectivity index (χ1) is 15.3. The van der Waals surface area contributed by atoms with Gasteiger partial charge < -0.3 is 14.8 Å². The maximum Gasteiger partial charge on any atom is 0.255 e. The molecule has 7 nitrogen and oxygen atoms in total. The van der Waals surface area contributed by atoms with Crippen LogP contribution < -0.4 is 10.1 Å². The van der Waals surface area contributed by atoms with E-state index in [1.165, 1.54) is 28.6 Å². The summed E-state index contributed by atoms with van der Waals surface area (Å²) < 4.78 is 38.5. The zero-order valence-electron chi connectivity index (χ0n) is 18.2. The maximum atomic E-state index is 13.0. The highest BCUT2D eigenvalue weighted by molar-refractivity contribution is 7.89. The Balaban J connectivity index is 1.55. The first kappa shape index (κ1) is 22.3. The van der Waals surface area contributed by atoms with Gasteiger partial charge in [0.1, 0.15) is 5.75 Å². The number of anilines is 1. The largest absolute Gasteiger partial charge is 0.496 e. The van der Waals surface area contributed by atoms with Crippen LogP contribution in [0, 0.1) is 0 Å². The number of carbonyl (C=O) groups is 1. The molecule has 0 aliphatic carbocycles. The molecule has 2 atom stereocenters. The van der Waals surface area contributed by atoms with Crippen LogP contribution in [-0.4, -0.2) is 51.0 Å². The number of nitrogens with one attached hydrogen (secondary N) is 1. The molecule has 1 fully saturated rings. The number of rotatable bonds is 5. The number of benzene rings is 3. The number of morpholine rings is 1. The smallest absolute Gasteiger partial charge is 0.255 e. The molecule has 32 heavy (non-hydrogen) atoms. The molecule has 0 bridgehead atoms. The number of ether oxygens (including phenoxy) is 2. The lowest BCUT2D eigenvalue weighted by molar-refractivity contribution is -0.0440. The highest BCUT2D eigenvalue weighted by Gasteiger charge is 2.32. The third kappa shape index (κ3) is 4.34. The minimum atomic E-state index is -3.66. The standard InChI is InChI=1S/C24H26N2O5S/c1-16-14-26(15-17(2)31-16)32(28,29)19-10-8-18(9-11-19)24(27)25-22-12-13-23(30-3)21-7-5-4-6-20(21)22/h4-13,16-17H,14-15H2,1-3H3,(H,25,27)/t16-,17-/m1/s1. The van der Waals surface area contributed by atoms with Crippen LogP contribution in [0.5, 0.6) is 5.75 Å². The number of methoxy groups -OCH3 is 1. The molecule has 1 aliphatic heterocycles. The van der Waals surface area contributed by atoms with Gasteiger partial charge in [0.15, 0.2) is 0 Å². The van der Waals surface area contributed by atoms with Crippen LogP contribution in [0.15, 0.2) is 65.6 Å². The molecule has 0 saturated carbocycles. The molecule has 3 aromatic rings. The number of carbonyl (C=O) groups excluding carboxylic acids is 1. The summed E-state index contributed by atoms with van der Waals surface area (Å²) in [5, 5.41) is 4.66. The topological polar surface area (TPSA) is 84.9 Å². The van der Waals surface area contributed by atoms with Crippen molar-refractivity contribution in [2.45, 2.75) is 31.0 Å². The van der Waals surface area contributed by atoms with Gasteiger partial charge in [0.25, 0.3) is 5.91 Å². The molecule has 0 unspecified atom stereocenters. The number of nitrogens with zero attached hydrogens (tertiary/aromatic N) is 1. The fourth-order valence-electron chi connectivity index (χ4n) is 4.01. The number of amides is 1. The quantitative estimate of drug-likeness (QED) is 0.632. The van der Waals surface area contributed by atoms with Crippen molar-refractivity contribution in [2.75, 3.05) is 25.5 Å². The second kappa shape index (κ2) is 8.90. The predicted octanol–water partition coefficient (Wildman–Crippen LogP) is 3.90. The Morgan fingerprint density at radius 2 is 1.59 bits per heavy atom. The summed E-state index contributed by atoms with van der Waals surface area (Å²) in [4.78, 5) is 13.0. The molecule has 0 aromatic heterocycles. The molecule has 1 aliphatic rings. The number of sulfonamides is 1. The van der Waals surface area contributed by atoms with Crippen molar-refractivity contribution in [3.05, 3.63) is 66.2 Å². The Morgan fingerprint density at radius 1 is 0.969 bits per heavy atom. The molecule has 1 N–H and O–H groups in total. The summed E-state index contributed by atoms with van der Waals surface area (Å²) in [6.07, 6.45) is -0.337. The van der Waals surface area contributed by atoms with E-state index >= 15 is 0 Å². The second-order valence-corrected chi connectivity index (χ2v) is 9.86. The van der Waals surface area contributed by atoms with Crippen molar-refractivity contribution in [1.29, 1.82) is 0 Å². The first-order valence-electron chi connectivity index (χ1n) is 10.4. The van der Waals surface area contributed by atoms with Crippen LogP contribution in [0.2, 0.25) is 0 Å². The SMILES string of the molecule is COc1ccc(NC(=O)c2ccc(S(=O)(=O)N3C[C@@H](C)O[C@H](C)C3)cc2)c2ccccc12. The monoisotopic (exact) mass is 454 g/mol. The summed E-state index contributed by atoms with van der Waals surface area (Å²) in [6.45, 7) is 4.32. The summed E-state index contributed by atoms with van der Waals surface area (Å²) in [5.74, 6) is 0.401. The molecular weight excluding hydrogens is 428 g/mol. The van der Waals surface area contributed by atoms with E-state index in [-0.39, 0.29) is 23.0 Å². The molecule has 1 amide bonds. The maximum absolute atomic E-state index is 13.0. The third-order valence-corrected chi connectivity index (χ3v) is 7.34. The van der Waals surface area contributed by atoms with Crippen LogP contribution in [-0.2, 0) is 14.8 Å². The van der Waals surface area contributed by atoms with Crippen molar-refractivity contribution in [3.8, 4) is 5.75 Å². The van der Waals surface area contributed by atoms with E-state index in [0.29, 0.717) is 24.3 Å². The van der Waals surface area contributed by atoms with Gasteiger partial charge in [-0.25, -0.2) is 8.42 Å². The van der Waals surface area contributed by atoms with Crippen molar-refractivity contribution >= 4 is 32.4 Å². The van der Waals surface area contributed by atoms with Crippen LogP contribution in [0.25, 0.3) is 10.8 Å². The Labute approximate surface area is 188 Å². The van der Waals surface area contributed by atoms with E-state index in [4.69, 9.17) is 9.47 Å². The summed E-state index contributed by atoms with van der Waals surface area (Å²) >= 11 is 0. The fraction of sp³-hybridized carbons (Fsp3) is 0.292. The van der Waals surface area contributed by atoms with Gasteiger partial charge in [0, 0.05) is 35.1 Å². The van der Waals surface area contributed by atoms with Gasteiger partial charge in [-0.15, -0.1) is 0 Å². The average Bonchev–Trinajstić information content (AvgIpc) is 2.78. The number of hydrogen-bond acceptors (Lipinski definition) is 5. The minimum absolute atomic E-state index is 0.158. The molecule has 4 rings (SSSR count). The van der Waals surface area contributed by atoms with Gasteiger partial charge in [0.05, 0.1) is 24.2 Å². The zero-order chi connectivity index (χ0) is 22.9. The van der Waals surface area contributed by atoms with Crippen LogP contribution in [0.4, 0.5) is 5.69 Å². The van der Waals surface area contributed by atoms with Gasteiger partial charge in [-0.3, -0.25) is 4.79 Å². The van der Waals surface area contributed by atoms with Crippen LogP contribution >= 0.6 is 0 Å². The molecule has 1 saturated heterocycles. The normalized spacial score (nSPS) is 19.6. The first-order valence-corrected chi connectivity index (χ1v) is 11.9. The Hall–Kier alpha value is -2.94. The molecular formula is C24H26N2O5S. The molecule has 8 heteroatoms. The average molecular weight is 455 g/mol. The van der Waals surface area contributed by atoms with E-state index in [9.17, 15) is 13.2 Å².